The molecule has 5 nitrogen and oxygen atoms in total. The Morgan fingerprint density at radius 2 is 2.05 bits per heavy atom. The third-order valence-corrected chi connectivity index (χ3v) is 2.05. The molecule has 0 spiro atoms. The number of carbonyl (C=O) groups is 1. The Labute approximate surface area is 113 Å². The topological polar surface area (TPSA) is 71.5 Å². The van der Waals surface area contributed by atoms with Crippen LogP contribution in [0, 0.1) is 5.82 Å². The highest BCUT2D eigenvalue weighted by Crippen LogP contribution is 2.23. The lowest BCUT2D eigenvalue weighted by Crippen LogP contribution is -2.27. The first-order chi connectivity index (χ1) is 9.10. The Kier molecular flexibility index (Phi) is 4.93. The molecule has 0 aliphatic carbocycles. The zero-order valence-corrected chi connectivity index (χ0v) is 11.2. The largest absolute Gasteiger partial charge is 0.444 e. The van der Waals surface area contributed by atoms with Gasteiger partial charge in [0.1, 0.15) is 5.60 Å². The van der Waals surface area contributed by atoms with E-state index in [9.17, 15) is 18.0 Å². The van der Waals surface area contributed by atoms with Crippen LogP contribution in [0.15, 0.2) is 12.3 Å². The van der Waals surface area contributed by atoms with Gasteiger partial charge in [-0.2, -0.15) is 0 Å². The van der Waals surface area contributed by atoms with Gasteiger partial charge in [-0.3, -0.25) is 10.3 Å². The molecule has 0 aromatic carbocycles. The lowest BCUT2D eigenvalue weighted by Gasteiger charge is -2.20. The molecule has 0 saturated heterocycles. The summed E-state index contributed by atoms with van der Waals surface area (Å²) in [5.74, 6) is -0.930. The molecule has 1 amide bonds. The maximum absolute atomic E-state index is 13.4. The molecule has 1 heterocycles. The third kappa shape index (κ3) is 4.69. The first-order valence-corrected chi connectivity index (χ1v) is 5.72. The number of amides is 1. The van der Waals surface area contributed by atoms with Crippen LogP contribution in [-0.4, -0.2) is 28.2 Å². The number of halogens is 3. The molecule has 8 heteroatoms. The van der Waals surface area contributed by atoms with Gasteiger partial charge in [-0.15, -0.1) is 0 Å². The average molecular weight is 292 g/mol. The van der Waals surface area contributed by atoms with Gasteiger partial charge in [-0.05, 0) is 26.8 Å². The number of aromatic nitrogens is 1. The maximum atomic E-state index is 13.4. The average Bonchev–Trinajstić information content (AvgIpc) is 2.28. The summed E-state index contributed by atoms with van der Waals surface area (Å²) in [6, 6.07) is 0.829. The van der Waals surface area contributed by atoms with Gasteiger partial charge < -0.3 is 9.84 Å². The zero-order chi connectivity index (χ0) is 15.5. The van der Waals surface area contributed by atoms with Crippen LogP contribution in [0.3, 0.4) is 0 Å². The summed E-state index contributed by atoms with van der Waals surface area (Å²) in [6.07, 6.45) is -5.54. The molecule has 0 radical (unpaired) electrons. The normalized spacial score (nSPS) is 13.2. The van der Waals surface area contributed by atoms with Crippen molar-refractivity contribution in [3.8, 4) is 0 Å². The van der Waals surface area contributed by atoms with Gasteiger partial charge in [0.25, 0.3) is 6.43 Å². The number of alkyl halides is 2. The van der Waals surface area contributed by atoms with E-state index in [1.165, 1.54) is 0 Å². The summed E-state index contributed by atoms with van der Waals surface area (Å²) < 4.78 is 43.0. The van der Waals surface area contributed by atoms with Crippen LogP contribution in [0.4, 0.5) is 23.7 Å². The third-order valence-electron chi connectivity index (χ3n) is 2.05. The molecule has 0 bridgehead atoms. The van der Waals surface area contributed by atoms with E-state index in [-0.39, 0.29) is 0 Å². The summed E-state index contributed by atoms with van der Waals surface area (Å²) in [5.41, 5.74) is -1.64. The highest BCUT2D eigenvalue weighted by molar-refractivity contribution is 5.85. The number of pyridine rings is 1. The molecule has 0 fully saturated rings. The van der Waals surface area contributed by atoms with Gasteiger partial charge in [0.15, 0.2) is 11.9 Å². The molecular formula is C12H15F3N2O3. The van der Waals surface area contributed by atoms with Crippen LogP contribution in [0.2, 0.25) is 0 Å². The number of aliphatic hydroxyl groups is 1. The molecule has 1 aromatic heterocycles. The first kappa shape index (κ1) is 16.2. The fourth-order valence-electron chi connectivity index (χ4n) is 1.26. The van der Waals surface area contributed by atoms with E-state index < -0.39 is 41.4 Å². The number of hydrogen-bond acceptors (Lipinski definition) is 4. The van der Waals surface area contributed by atoms with Crippen molar-refractivity contribution in [2.75, 3.05) is 5.32 Å². The maximum Gasteiger partial charge on any atom is 0.412 e. The fraction of sp³-hybridized carbons (Fsp3) is 0.500. The fourth-order valence-corrected chi connectivity index (χ4v) is 1.26. The van der Waals surface area contributed by atoms with E-state index in [0.29, 0.717) is 6.20 Å². The van der Waals surface area contributed by atoms with E-state index in [4.69, 9.17) is 9.84 Å². The Morgan fingerprint density at radius 3 is 2.55 bits per heavy atom. The highest BCUT2D eigenvalue weighted by Gasteiger charge is 2.23. The SMILES string of the molecule is CC(C)(C)OC(=O)Nc1cc(C(O)C(F)F)ncc1F. The quantitative estimate of drug-likeness (QED) is 0.898. The summed E-state index contributed by atoms with van der Waals surface area (Å²) in [4.78, 5) is 14.8. The van der Waals surface area contributed by atoms with Crippen molar-refractivity contribution in [1.29, 1.82) is 0 Å². The van der Waals surface area contributed by atoms with Gasteiger partial charge in [0, 0.05) is 0 Å². The van der Waals surface area contributed by atoms with Gasteiger partial charge >= 0.3 is 6.09 Å². The molecule has 1 rings (SSSR count). The predicted octanol–water partition coefficient (Wildman–Crippen LogP) is 2.87. The van der Waals surface area contributed by atoms with Crippen LogP contribution in [0.25, 0.3) is 0 Å². The summed E-state index contributed by atoms with van der Waals surface area (Å²) in [6.45, 7) is 4.84. The van der Waals surface area contributed by atoms with Gasteiger partial charge in [-0.25, -0.2) is 18.0 Å². The van der Waals surface area contributed by atoms with Crippen molar-refractivity contribution >= 4 is 11.8 Å². The Hall–Kier alpha value is -1.83. The molecule has 0 saturated carbocycles. The first-order valence-electron chi connectivity index (χ1n) is 5.72. The Morgan fingerprint density at radius 1 is 1.45 bits per heavy atom. The van der Waals surface area contributed by atoms with Gasteiger partial charge in [-0.1, -0.05) is 0 Å². The van der Waals surface area contributed by atoms with Crippen molar-refractivity contribution in [2.24, 2.45) is 0 Å². The van der Waals surface area contributed by atoms with Crippen LogP contribution in [-0.2, 0) is 4.74 Å². The van der Waals surface area contributed by atoms with E-state index in [0.717, 1.165) is 6.07 Å². The minimum Gasteiger partial charge on any atom is -0.444 e. The van der Waals surface area contributed by atoms with Gasteiger partial charge in [0.2, 0.25) is 0 Å². The van der Waals surface area contributed by atoms with Crippen molar-refractivity contribution in [1.82, 2.24) is 4.98 Å². The number of rotatable bonds is 3. The molecule has 1 aromatic rings. The van der Waals surface area contributed by atoms with E-state index in [2.05, 4.69) is 10.3 Å². The number of anilines is 1. The lowest BCUT2D eigenvalue weighted by atomic mass is 10.2. The molecule has 2 N–H and O–H groups in total. The van der Waals surface area contributed by atoms with E-state index >= 15 is 0 Å². The molecule has 112 valence electrons. The standard InChI is InChI=1S/C12H15F3N2O3/c1-12(2,3)20-11(19)17-7-4-8(9(18)10(14)15)16-5-6(7)13/h4-5,9-10,18H,1-3H3,(H,16,17,19). The zero-order valence-electron chi connectivity index (χ0n) is 11.2. The number of nitrogens with zero attached hydrogens (tertiary/aromatic N) is 1. The highest BCUT2D eigenvalue weighted by atomic mass is 19.3. The molecule has 1 unspecified atom stereocenters. The molecule has 20 heavy (non-hydrogen) atoms. The summed E-state index contributed by atoms with van der Waals surface area (Å²) in [5, 5.41) is 11.2. The van der Waals surface area contributed by atoms with Crippen molar-refractivity contribution in [3.63, 3.8) is 0 Å². The molecular weight excluding hydrogens is 277 g/mol. The van der Waals surface area contributed by atoms with Crippen molar-refractivity contribution in [2.45, 2.75) is 38.9 Å². The molecule has 0 aliphatic heterocycles. The smallest absolute Gasteiger partial charge is 0.412 e. The predicted molar refractivity (Wildman–Crippen MR) is 65.0 cm³/mol. The molecule has 0 aliphatic rings. The summed E-state index contributed by atoms with van der Waals surface area (Å²) in [7, 11) is 0. The van der Waals surface area contributed by atoms with E-state index in [1.807, 2.05) is 0 Å². The van der Waals surface area contributed by atoms with Crippen LogP contribution in [0.1, 0.15) is 32.6 Å². The van der Waals surface area contributed by atoms with E-state index in [1.54, 1.807) is 20.8 Å². The monoisotopic (exact) mass is 292 g/mol. The molecule has 1 atom stereocenters. The number of hydrogen-bond donors (Lipinski definition) is 2. The van der Waals surface area contributed by atoms with Gasteiger partial charge in [0.05, 0.1) is 17.6 Å². The van der Waals surface area contributed by atoms with Crippen molar-refractivity contribution in [3.05, 3.63) is 23.8 Å². The second kappa shape index (κ2) is 6.08. The second-order valence-electron chi connectivity index (χ2n) is 5.00. The van der Waals surface area contributed by atoms with Crippen LogP contribution >= 0.6 is 0 Å². The van der Waals surface area contributed by atoms with Crippen molar-refractivity contribution < 1.29 is 27.8 Å². The Balaban J connectivity index is 2.90. The summed E-state index contributed by atoms with van der Waals surface area (Å²) >= 11 is 0. The minimum atomic E-state index is -3.07. The van der Waals surface area contributed by atoms with Crippen LogP contribution in [0.5, 0.6) is 0 Å². The number of ether oxygens (including phenoxy) is 1. The number of carbonyl (C=O) groups excluding carboxylic acids is 1. The Bertz CT molecular complexity index is 489. The number of nitrogens with one attached hydrogen (secondary N) is 1. The number of aliphatic hydroxyl groups excluding tert-OH is 1. The van der Waals surface area contributed by atoms with Crippen LogP contribution < -0.4 is 5.32 Å². The lowest BCUT2D eigenvalue weighted by molar-refractivity contribution is -0.00822. The minimum absolute atomic E-state index is 0.399. The second-order valence-corrected chi connectivity index (χ2v) is 5.00.